The van der Waals surface area contributed by atoms with Crippen LogP contribution in [0.25, 0.3) is 0 Å². The molecule has 0 bridgehead atoms. The maximum Gasteiger partial charge on any atom is 0.220 e. The fourth-order valence-corrected chi connectivity index (χ4v) is 3.49. The first-order valence-electron chi connectivity index (χ1n) is 6.51. The molecule has 19 heavy (non-hydrogen) atoms. The summed E-state index contributed by atoms with van der Waals surface area (Å²) >= 11 is 1.51. The van der Waals surface area contributed by atoms with Gasteiger partial charge in [0.15, 0.2) is 5.16 Å². The second-order valence-electron chi connectivity index (χ2n) is 4.62. The minimum absolute atomic E-state index is 0.151. The highest BCUT2D eigenvalue weighted by molar-refractivity contribution is 7.99. The molecular weight excluding hydrogens is 264 g/mol. The second kappa shape index (κ2) is 6.96. The van der Waals surface area contributed by atoms with Crippen LogP contribution in [0, 0.1) is 5.92 Å². The predicted octanol–water partition coefficient (Wildman–Crippen LogP) is 2.14. The number of hydrogen-bond acceptors (Lipinski definition) is 6. The lowest BCUT2D eigenvalue weighted by Crippen LogP contribution is -2.19. The summed E-state index contributed by atoms with van der Waals surface area (Å²) in [6, 6.07) is 1.65. The number of nitrogens with zero attached hydrogens (tertiary/aromatic N) is 2. The first-order chi connectivity index (χ1) is 9.26. The van der Waals surface area contributed by atoms with Crippen molar-refractivity contribution < 1.29 is 14.6 Å². The largest absolute Gasteiger partial charge is 0.481 e. The summed E-state index contributed by atoms with van der Waals surface area (Å²) in [7, 11) is 3.13. The van der Waals surface area contributed by atoms with E-state index in [0.717, 1.165) is 0 Å². The van der Waals surface area contributed by atoms with E-state index in [4.69, 9.17) is 9.47 Å². The Morgan fingerprint density at radius 3 is 2.32 bits per heavy atom. The van der Waals surface area contributed by atoms with Crippen molar-refractivity contribution in [2.45, 2.75) is 36.1 Å². The van der Waals surface area contributed by atoms with Crippen molar-refractivity contribution in [1.29, 1.82) is 0 Å². The average Bonchev–Trinajstić information content (AvgIpc) is 2.98. The van der Waals surface area contributed by atoms with Crippen LogP contribution in [-0.2, 0) is 0 Å². The molecule has 5 nitrogen and oxygen atoms in total. The molecule has 0 aliphatic heterocycles. The SMILES string of the molecule is COc1cc(OC)nc(SC(CO)C2CCCC2)n1. The van der Waals surface area contributed by atoms with E-state index < -0.39 is 0 Å². The van der Waals surface area contributed by atoms with Gasteiger partial charge in [-0.3, -0.25) is 0 Å². The molecule has 6 heteroatoms. The molecule has 0 spiro atoms. The first kappa shape index (κ1) is 14.4. The van der Waals surface area contributed by atoms with Crippen LogP contribution in [0.1, 0.15) is 25.7 Å². The summed E-state index contributed by atoms with van der Waals surface area (Å²) in [6.45, 7) is 0.151. The van der Waals surface area contributed by atoms with Gasteiger partial charge in [0.2, 0.25) is 11.8 Å². The molecule has 1 aliphatic carbocycles. The Balaban J connectivity index is 2.11. The smallest absolute Gasteiger partial charge is 0.220 e. The first-order valence-corrected chi connectivity index (χ1v) is 7.39. The monoisotopic (exact) mass is 284 g/mol. The standard InChI is InChI=1S/C13H20N2O3S/c1-17-11-7-12(18-2)15-13(14-11)19-10(8-16)9-5-3-4-6-9/h7,9-10,16H,3-6,8H2,1-2H3. The molecule has 1 N–H and O–H groups in total. The molecule has 0 radical (unpaired) electrons. The van der Waals surface area contributed by atoms with Crippen LogP contribution in [0.5, 0.6) is 11.8 Å². The van der Waals surface area contributed by atoms with Gasteiger partial charge in [-0.2, -0.15) is 9.97 Å². The molecule has 0 amide bonds. The van der Waals surface area contributed by atoms with Gasteiger partial charge in [-0.1, -0.05) is 24.6 Å². The second-order valence-corrected chi connectivity index (χ2v) is 5.83. The van der Waals surface area contributed by atoms with Crippen molar-refractivity contribution in [3.8, 4) is 11.8 Å². The summed E-state index contributed by atoms with van der Waals surface area (Å²) in [5, 5.41) is 10.3. The highest BCUT2D eigenvalue weighted by atomic mass is 32.2. The van der Waals surface area contributed by atoms with Crippen molar-refractivity contribution in [2.75, 3.05) is 20.8 Å². The van der Waals surface area contributed by atoms with Crippen molar-refractivity contribution in [3.05, 3.63) is 6.07 Å². The third kappa shape index (κ3) is 3.73. The molecule has 1 fully saturated rings. The van der Waals surface area contributed by atoms with Gasteiger partial charge in [0.1, 0.15) is 0 Å². The highest BCUT2D eigenvalue weighted by Gasteiger charge is 2.26. The van der Waals surface area contributed by atoms with Crippen molar-refractivity contribution in [1.82, 2.24) is 9.97 Å². The highest BCUT2D eigenvalue weighted by Crippen LogP contribution is 2.36. The summed E-state index contributed by atoms with van der Waals surface area (Å²) in [6.07, 6.45) is 4.87. The molecule has 1 aromatic heterocycles. The number of rotatable bonds is 6. The Morgan fingerprint density at radius 1 is 1.26 bits per heavy atom. The summed E-state index contributed by atoms with van der Waals surface area (Å²) in [5.41, 5.74) is 0. The molecule has 1 atom stereocenters. The van der Waals surface area contributed by atoms with E-state index in [1.807, 2.05) is 0 Å². The average molecular weight is 284 g/mol. The van der Waals surface area contributed by atoms with E-state index in [1.54, 1.807) is 20.3 Å². The third-order valence-electron chi connectivity index (χ3n) is 3.44. The van der Waals surface area contributed by atoms with E-state index in [2.05, 4.69) is 9.97 Å². The molecular formula is C13H20N2O3S. The topological polar surface area (TPSA) is 64.5 Å². The van der Waals surface area contributed by atoms with E-state index in [0.29, 0.717) is 22.8 Å². The quantitative estimate of drug-likeness (QED) is 0.638. The number of aliphatic hydroxyl groups is 1. The molecule has 2 rings (SSSR count). The Bertz CT molecular complexity index is 389. The predicted molar refractivity (Wildman–Crippen MR) is 73.8 cm³/mol. The zero-order chi connectivity index (χ0) is 13.7. The fourth-order valence-electron chi connectivity index (χ4n) is 2.39. The number of aromatic nitrogens is 2. The van der Waals surface area contributed by atoms with Crippen LogP contribution in [-0.4, -0.2) is 41.2 Å². The Morgan fingerprint density at radius 2 is 1.84 bits per heavy atom. The van der Waals surface area contributed by atoms with Gasteiger partial charge in [0.05, 0.1) is 26.9 Å². The molecule has 106 valence electrons. The van der Waals surface area contributed by atoms with E-state index in [9.17, 15) is 5.11 Å². The lowest BCUT2D eigenvalue weighted by Gasteiger charge is -2.19. The van der Waals surface area contributed by atoms with Crippen LogP contribution >= 0.6 is 11.8 Å². The van der Waals surface area contributed by atoms with Crippen LogP contribution in [0.3, 0.4) is 0 Å². The lowest BCUT2D eigenvalue weighted by molar-refractivity contribution is 0.266. The summed E-state index contributed by atoms with van der Waals surface area (Å²) in [5.74, 6) is 1.52. The van der Waals surface area contributed by atoms with Crippen LogP contribution in [0.2, 0.25) is 0 Å². The maximum absolute atomic E-state index is 9.56. The number of methoxy groups -OCH3 is 2. The molecule has 0 saturated heterocycles. The van der Waals surface area contributed by atoms with E-state index in [1.165, 1.54) is 37.4 Å². The van der Waals surface area contributed by atoms with Gasteiger partial charge in [-0.25, -0.2) is 0 Å². The summed E-state index contributed by atoms with van der Waals surface area (Å²) in [4.78, 5) is 8.60. The van der Waals surface area contributed by atoms with Crippen molar-refractivity contribution >= 4 is 11.8 Å². The summed E-state index contributed by atoms with van der Waals surface area (Å²) < 4.78 is 10.3. The van der Waals surface area contributed by atoms with Crippen LogP contribution in [0.15, 0.2) is 11.2 Å². The zero-order valence-corrected chi connectivity index (χ0v) is 12.2. The van der Waals surface area contributed by atoms with Crippen molar-refractivity contribution in [3.63, 3.8) is 0 Å². The fraction of sp³-hybridized carbons (Fsp3) is 0.692. The Kier molecular flexibility index (Phi) is 5.27. The number of ether oxygens (including phenoxy) is 2. The molecule has 1 unspecified atom stereocenters. The van der Waals surface area contributed by atoms with Gasteiger partial charge in [0, 0.05) is 5.25 Å². The number of thioether (sulfide) groups is 1. The Hall–Kier alpha value is -1.01. The molecule has 1 saturated carbocycles. The molecule has 1 heterocycles. The maximum atomic E-state index is 9.56. The number of hydrogen-bond donors (Lipinski definition) is 1. The van der Waals surface area contributed by atoms with Gasteiger partial charge in [0.25, 0.3) is 0 Å². The third-order valence-corrected chi connectivity index (χ3v) is 4.67. The minimum Gasteiger partial charge on any atom is -0.481 e. The Labute approximate surface area is 117 Å². The van der Waals surface area contributed by atoms with Crippen LogP contribution in [0.4, 0.5) is 0 Å². The van der Waals surface area contributed by atoms with Gasteiger partial charge >= 0.3 is 0 Å². The zero-order valence-electron chi connectivity index (χ0n) is 11.3. The molecule has 1 aromatic rings. The molecule has 0 aromatic carbocycles. The van der Waals surface area contributed by atoms with Gasteiger partial charge < -0.3 is 14.6 Å². The van der Waals surface area contributed by atoms with Crippen molar-refractivity contribution in [2.24, 2.45) is 5.92 Å². The van der Waals surface area contributed by atoms with Gasteiger partial charge in [-0.05, 0) is 18.8 Å². The van der Waals surface area contributed by atoms with E-state index >= 15 is 0 Å². The van der Waals surface area contributed by atoms with Gasteiger partial charge in [-0.15, -0.1) is 0 Å². The number of aliphatic hydroxyl groups excluding tert-OH is 1. The minimum atomic E-state index is 0.151. The van der Waals surface area contributed by atoms with Crippen LogP contribution < -0.4 is 9.47 Å². The lowest BCUT2D eigenvalue weighted by atomic mass is 10.0. The normalized spacial score (nSPS) is 17.4. The van der Waals surface area contributed by atoms with E-state index in [-0.39, 0.29) is 11.9 Å². The molecule has 1 aliphatic rings.